The van der Waals surface area contributed by atoms with E-state index in [0.717, 1.165) is 16.9 Å². The molecule has 2 aliphatic rings. The third kappa shape index (κ3) is 1.21. The lowest BCUT2D eigenvalue weighted by molar-refractivity contribution is -0.140. The number of carbonyl (C=O) groups excluding carboxylic acids is 1. The van der Waals surface area contributed by atoms with Gasteiger partial charge in [-0.1, -0.05) is 6.07 Å². The number of hydrogen-bond acceptors (Lipinski definition) is 3. The molecule has 2 N–H and O–H groups in total. The van der Waals surface area contributed by atoms with Gasteiger partial charge in [0.05, 0.1) is 11.3 Å². The minimum absolute atomic E-state index is 0.180. The molecule has 1 aromatic carbocycles. The van der Waals surface area contributed by atoms with Gasteiger partial charge in [0.1, 0.15) is 0 Å². The van der Waals surface area contributed by atoms with Gasteiger partial charge in [-0.15, -0.1) is 0 Å². The molecule has 1 aromatic rings. The number of hydrogen-bond donors (Lipinski definition) is 2. The van der Waals surface area contributed by atoms with Crippen LogP contribution in [0.3, 0.4) is 0 Å². The molecule has 94 valence electrons. The van der Waals surface area contributed by atoms with Gasteiger partial charge in [0.15, 0.2) is 0 Å². The average molecular weight is 246 g/mol. The van der Waals surface area contributed by atoms with Gasteiger partial charge in [-0.3, -0.25) is 9.59 Å². The maximum absolute atomic E-state index is 12.0. The zero-order valence-corrected chi connectivity index (χ0v) is 10.2. The van der Waals surface area contributed by atoms with E-state index < -0.39 is 17.3 Å². The Hall–Kier alpha value is -2.04. The molecule has 1 saturated carbocycles. The van der Waals surface area contributed by atoms with Crippen molar-refractivity contribution in [2.24, 2.45) is 5.92 Å². The van der Waals surface area contributed by atoms with E-state index in [2.05, 4.69) is 5.32 Å². The molecule has 2 atom stereocenters. The van der Waals surface area contributed by atoms with E-state index in [1.165, 1.54) is 0 Å². The largest absolute Gasteiger partial charge is 0.481 e. The lowest BCUT2D eigenvalue weighted by Crippen LogP contribution is -2.24. The summed E-state index contributed by atoms with van der Waals surface area (Å²) in [6.45, 7) is 0. The minimum atomic E-state index is -0.894. The number of carboxylic acid groups (broad SMARTS) is 1. The van der Waals surface area contributed by atoms with Gasteiger partial charge in [-0.05, 0) is 24.1 Å². The first-order valence-electron chi connectivity index (χ1n) is 5.83. The Morgan fingerprint density at radius 2 is 2.22 bits per heavy atom. The molecule has 0 aromatic heterocycles. The first kappa shape index (κ1) is 11.1. The van der Waals surface area contributed by atoms with Gasteiger partial charge in [-0.25, -0.2) is 0 Å². The van der Waals surface area contributed by atoms with E-state index >= 15 is 0 Å². The summed E-state index contributed by atoms with van der Waals surface area (Å²) in [5.41, 5.74) is 1.74. The molecule has 0 bridgehead atoms. The molecule has 18 heavy (non-hydrogen) atoms. The molecule has 1 aliphatic carbocycles. The number of carboxylic acids is 1. The van der Waals surface area contributed by atoms with Crippen LogP contribution in [0.15, 0.2) is 18.2 Å². The SMILES string of the molecule is CN(C)c1ccc2c(c1)NC(=O)C21CC1C(=O)O. The summed E-state index contributed by atoms with van der Waals surface area (Å²) in [4.78, 5) is 25.0. The molecular formula is C13H14N2O3. The molecule has 1 spiro atoms. The van der Waals surface area contributed by atoms with E-state index in [1.807, 2.05) is 37.2 Å². The van der Waals surface area contributed by atoms with E-state index in [4.69, 9.17) is 5.11 Å². The number of amides is 1. The van der Waals surface area contributed by atoms with Crippen LogP contribution in [-0.4, -0.2) is 31.1 Å². The topological polar surface area (TPSA) is 69.6 Å². The number of aliphatic carboxylic acids is 1. The summed E-state index contributed by atoms with van der Waals surface area (Å²) in [6.07, 6.45) is 0.405. The van der Waals surface area contributed by atoms with E-state index in [1.54, 1.807) is 0 Å². The smallest absolute Gasteiger partial charge is 0.307 e. The monoisotopic (exact) mass is 246 g/mol. The number of nitrogens with one attached hydrogen (secondary N) is 1. The van der Waals surface area contributed by atoms with Crippen LogP contribution in [0.25, 0.3) is 0 Å². The minimum Gasteiger partial charge on any atom is -0.481 e. The Bertz CT molecular complexity index is 567. The molecule has 0 radical (unpaired) electrons. The Morgan fingerprint density at radius 3 is 2.78 bits per heavy atom. The van der Waals surface area contributed by atoms with Crippen LogP contribution in [0.1, 0.15) is 12.0 Å². The van der Waals surface area contributed by atoms with Crippen molar-refractivity contribution in [3.05, 3.63) is 23.8 Å². The fourth-order valence-corrected chi connectivity index (χ4v) is 2.77. The molecule has 3 rings (SSSR count). The number of nitrogens with zero attached hydrogens (tertiary/aromatic N) is 1. The van der Waals surface area contributed by atoms with Gasteiger partial charge in [-0.2, -0.15) is 0 Å². The fourth-order valence-electron chi connectivity index (χ4n) is 2.77. The van der Waals surface area contributed by atoms with Crippen molar-refractivity contribution in [3.8, 4) is 0 Å². The predicted octanol–water partition coefficient (Wildman–Crippen LogP) is 1.05. The van der Waals surface area contributed by atoms with Gasteiger partial charge in [0.25, 0.3) is 0 Å². The van der Waals surface area contributed by atoms with Crippen molar-refractivity contribution < 1.29 is 14.7 Å². The predicted molar refractivity (Wildman–Crippen MR) is 66.8 cm³/mol. The molecule has 1 aliphatic heterocycles. The molecule has 1 fully saturated rings. The number of rotatable bonds is 2. The van der Waals surface area contributed by atoms with Crippen molar-refractivity contribution in [2.45, 2.75) is 11.8 Å². The van der Waals surface area contributed by atoms with Crippen LogP contribution in [0.4, 0.5) is 11.4 Å². The second-order valence-corrected chi connectivity index (χ2v) is 5.14. The summed E-state index contributed by atoms with van der Waals surface area (Å²) >= 11 is 0. The third-order valence-electron chi connectivity index (χ3n) is 3.91. The molecule has 2 unspecified atom stereocenters. The summed E-state index contributed by atoms with van der Waals surface area (Å²) in [6, 6.07) is 5.67. The highest BCUT2D eigenvalue weighted by atomic mass is 16.4. The molecule has 1 amide bonds. The zero-order chi connectivity index (χ0) is 13.1. The fraction of sp³-hybridized carbons (Fsp3) is 0.385. The molecular weight excluding hydrogens is 232 g/mol. The zero-order valence-electron chi connectivity index (χ0n) is 10.2. The van der Waals surface area contributed by atoms with Crippen LogP contribution in [0.2, 0.25) is 0 Å². The van der Waals surface area contributed by atoms with E-state index in [-0.39, 0.29) is 5.91 Å². The molecule has 5 heteroatoms. The van der Waals surface area contributed by atoms with Crippen LogP contribution in [0, 0.1) is 5.92 Å². The van der Waals surface area contributed by atoms with Crippen molar-refractivity contribution in [1.29, 1.82) is 0 Å². The Balaban J connectivity index is 2.06. The first-order valence-corrected chi connectivity index (χ1v) is 5.83. The Morgan fingerprint density at radius 1 is 1.50 bits per heavy atom. The van der Waals surface area contributed by atoms with Gasteiger partial charge in [0.2, 0.25) is 5.91 Å². The highest BCUT2D eigenvalue weighted by Crippen LogP contribution is 2.60. The lowest BCUT2D eigenvalue weighted by atomic mass is 9.94. The van der Waals surface area contributed by atoms with Crippen LogP contribution >= 0.6 is 0 Å². The van der Waals surface area contributed by atoms with Gasteiger partial charge in [0, 0.05) is 25.5 Å². The van der Waals surface area contributed by atoms with Crippen LogP contribution in [-0.2, 0) is 15.0 Å². The average Bonchev–Trinajstić information content (AvgIpc) is 2.98. The maximum Gasteiger partial charge on any atom is 0.307 e. The second-order valence-electron chi connectivity index (χ2n) is 5.14. The summed E-state index contributed by atoms with van der Waals surface area (Å²) < 4.78 is 0. The van der Waals surface area contributed by atoms with Crippen LogP contribution < -0.4 is 10.2 Å². The normalized spacial score (nSPS) is 27.9. The summed E-state index contributed by atoms with van der Waals surface area (Å²) in [7, 11) is 3.84. The van der Waals surface area contributed by atoms with E-state index in [0.29, 0.717) is 6.42 Å². The summed E-state index contributed by atoms with van der Waals surface area (Å²) in [5.74, 6) is -1.65. The molecule has 5 nitrogen and oxygen atoms in total. The van der Waals surface area contributed by atoms with Crippen molar-refractivity contribution in [1.82, 2.24) is 0 Å². The third-order valence-corrected chi connectivity index (χ3v) is 3.91. The van der Waals surface area contributed by atoms with Crippen molar-refractivity contribution >= 4 is 23.3 Å². The molecule has 1 heterocycles. The number of benzene rings is 1. The molecule has 0 saturated heterocycles. The Labute approximate surface area is 104 Å². The van der Waals surface area contributed by atoms with Crippen molar-refractivity contribution in [3.63, 3.8) is 0 Å². The highest BCUT2D eigenvalue weighted by molar-refractivity contribution is 6.12. The standard InChI is InChI=1S/C13H14N2O3/c1-15(2)7-3-4-8-10(5-7)14-12(18)13(8)6-9(13)11(16)17/h3-5,9H,6H2,1-2H3,(H,14,18)(H,16,17). The highest BCUT2D eigenvalue weighted by Gasteiger charge is 2.68. The summed E-state index contributed by atoms with van der Waals surface area (Å²) in [5, 5.41) is 11.9. The lowest BCUT2D eigenvalue weighted by Gasteiger charge is -2.14. The second kappa shape index (κ2) is 3.25. The maximum atomic E-state index is 12.0. The quantitative estimate of drug-likeness (QED) is 0.818. The number of fused-ring (bicyclic) bond motifs is 2. The van der Waals surface area contributed by atoms with E-state index in [9.17, 15) is 9.59 Å². The number of anilines is 2. The Kier molecular flexibility index (Phi) is 2.00. The van der Waals surface area contributed by atoms with Crippen molar-refractivity contribution in [2.75, 3.05) is 24.3 Å². The van der Waals surface area contributed by atoms with Gasteiger partial charge < -0.3 is 15.3 Å². The van der Waals surface area contributed by atoms with Gasteiger partial charge >= 0.3 is 5.97 Å². The number of carbonyl (C=O) groups is 2. The first-order chi connectivity index (χ1) is 8.46. The van der Waals surface area contributed by atoms with Crippen LogP contribution in [0.5, 0.6) is 0 Å².